The SMILES string of the molecule is C=C(Nc1ccccc1C(C)C)OC(C)(C)C. The second-order valence-electron chi connectivity index (χ2n) is 5.50. The Kier molecular flexibility index (Phi) is 4.22. The van der Waals surface area contributed by atoms with Crippen LogP contribution in [0, 0.1) is 0 Å². The van der Waals surface area contributed by atoms with Gasteiger partial charge in [-0.3, -0.25) is 0 Å². The van der Waals surface area contributed by atoms with Gasteiger partial charge in [-0.2, -0.15) is 0 Å². The molecule has 1 aromatic carbocycles. The molecule has 0 heterocycles. The van der Waals surface area contributed by atoms with Crippen LogP contribution in [0.4, 0.5) is 5.69 Å². The zero-order chi connectivity index (χ0) is 13.1. The first-order chi connectivity index (χ1) is 7.79. The number of benzene rings is 1. The molecule has 0 radical (unpaired) electrons. The van der Waals surface area contributed by atoms with Crippen LogP contribution in [0.5, 0.6) is 0 Å². The lowest BCUT2D eigenvalue weighted by molar-refractivity contribution is 0.0565. The van der Waals surface area contributed by atoms with Crippen LogP contribution >= 0.6 is 0 Å². The lowest BCUT2D eigenvalue weighted by atomic mass is 10.0. The van der Waals surface area contributed by atoms with Gasteiger partial charge in [-0.05, 0) is 44.9 Å². The predicted molar refractivity (Wildman–Crippen MR) is 74.1 cm³/mol. The minimum atomic E-state index is -0.225. The molecule has 0 atom stereocenters. The number of hydrogen-bond donors (Lipinski definition) is 1. The second kappa shape index (κ2) is 5.26. The molecule has 0 aliphatic rings. The van der Waals surface area contributed by atoms with Gasteiger partial charge < -0.3 is 10.1 Å². The summed E-state index contributed by atoms with van der Waals surface area (Å²) in [7, 11) is 0. The van der Waals surface area contributed by atoms with Crippen molar-refractivity contribution in [2.45, 2.75) is 46.1 Å². The fourth-order valence-corrected chi connectivity index (χ4v) is 1.66. The van der Waals surface area contributed by atoms with Gasteiger partial charge in [-0.15, -0.1) is 0 Å². The highest BCUT2D eigenvalue weighted by Crippen LogP contribution is 2.25. The molecule has 0 aliphatic heterocycles. The van der Waals surface area contributed by atoms with Gasteiger partial charge in [-0.1, -0.05) is 32.0 Å². The summed E-state index contributed by atoms with van der Waals surface area (Å²) in [6, 6.07) is 8.23. The molecule has 0 aromatic heterocycles. The van der Waals surface area contributed by atoms with Crippen molar-refractivity contribution in [3.8, 4) is 0 Å². The highest BCUT2D eigenvalue weighted by atomic mass is 16.5. The molecular weight excluding hydrogens is 210 g/mol. The monoisotopic (exact) mass is 233 g/mol. The van der Waals surface area contributed by atoms with E-state index in [9.17, 15) is 0 Å². The Morgan fingerprint density at radius 2 is 1.82 bits per heavy atom. The maximum atomic E-state index is 5.67. The third-order valence-electron chi connectivity index (χ3n) is 2.29. The Balaban J connectivity index is 2.78. The molecule has 1 aromatic rings. The summed E-state index contributed by atoms with van der Waals surface area (Å²) in [4.78, 5) is 0. The van der Waals surface area contributed by atoms with E-state index < -0.39 is 0 Å². The minimum Gasteiger partial charge on any atom is -0.474 e. The first-order valence-electron chi connectivity index (χ1n) is 6.03. The van der Waals surface area contributed by atoms with Crippen LogP contribution in [0.15, 0.2) is 36.7 Å². The van der Waals surface area contributed by atoms with Gasteiger partial charge in [0.05, 0.1) is 0 Å². The van der Waals surface area contributed by atoms with E-state index in [-0.39, 0.29) is 5.60 Å². The largest absolute Gasteiger partial charge is 0.474 e. The number of ether oxygens (including phenoxy) is 1. The molecule has 1 N–H and O–H groups in total. The van der Waals surface area contributed by atoms with Gasteiger partial charge in [0.1, 0.15) is 5.60 Å². The summed E-state index contributed by atoms with van der Waals surface area (Å²) in [5.74, 6) is 1.06. The Labute approximate surface area is 105 Å². The molecule has 0 saturated carbocycles. The predicted octanol–water partition coefficient (Wildman–Crippen LogP) is 4.51. The molecule has 0 saturated heterocycles. The number of para-hydroxylation sites is 1. The molecule has 17 heavy (non-hydrogen) atoms. The van der Waals surface area contributed by atoms with Gasteiger partial charge in [0, 0.05) is 5.69 Å². The van der Waals surface area contributed by atoms with Crippen molar-refractivity contribution in [3.63, 3.8) is 0 Å². The van der Waals surface area contributed by atoms with E-state index in [2.05, 4.69) is 31.8 Å². The molecule has 1 rings (SSSR count). The molecule has 0 unspecified atom stereocenters. The summed E-state index contributed by atoms with van der Waals surface area (Å²) in [6.45, 7) is 14.3. The molecule has 2 nitrogen and oxygen atoms in total. The van der Waals surface area contributed by atoms with Crippen molar-refractivity contribution in [2.75, 3.05) is 5.32 Å². The van der Waals surface area contributed by atoms with Crippen LogP contribution < -0.4 is 5.32 Å². The van der Waals surface area contributed by atoms with Crippen LogP contribution in [0.1, 0.15) is 46.1 Å². The molecule has 0 amide bonds. The van der Waals surface area contributed by atoms with E-state index in [1.165, 1.54) is 5.56 Å². The summed E-state index contributed by atoms with van der Waals surface area (Å²) in [5, 5.41) is 3.23. The maximum absolute atomic E-state index is 5.67. The number of nitrogens with one attached hydrogen (secondary N) is 1. The second-order valence-corrected chi connectivity index (χ2v) is 5.50. The van der Waals surface area contributed by atoms with Gasteiger partial charge in [0.25, 0.3) is 0 Å². The maximum Gasteiger partial charge on any atom is 0.184 e. The average Bonchev–Trinajstić information content (AvgIpc) is 2.14. The van der Waals surface area contributed by atoms with E-state index in [1.807, 2.05) is 39.0 Å². The quantitative estimate of drug-likeness (QED) is 0.773. The minimum absolute atomic E-state index is 0.225. The normalized spacial score (nSPS) is 11.4. The summed E-state index contributed by atoms with van der Waals surface area (Å²) in [5.41, 5.74) is 2.11. The first kappa shape index (κ1) is 13.6. The Bertz CT molecular complexity index is 388. The van der Waals surface area contributed by atoms with Crippen molar-refractivity contribution < 1.29 is 4.74 Å². The smallest absolute Gasteiger partial charge is 0.184 e. The zero-order valence-corrected chi connectivity index (χ0v) is 11.5. The van der Waals surface area contributed by atoms with Gasteiger partial charge >= 0.3 is 0 Å². The molecule has 0 aliphatic carbocycles. The van der Waals surface area contributed by atoms with Crippen LogP contribution in [0.25, 0.3) is 0 Å². The number of rotatable bonds is 4. The molecule has 0 bridgehead atoms. The van der Waals surface area contributed by atoms with Crippen molar-refractivity contribution in [2.24, 2.45) is 0 Å². The summed E-state index contributed by atoms with van der Waals surface area (Å²) >= 11 is 0. The van der Waals surface area contributed by atoms with Gasteiger partial charge in [-0.25, -0.2) is 0 Å². The van der Waals surface area contributed by atoms with Crippen molar-refractivity contribution in [1.29, 1.82) is 0 Å². The first-order valence-corrected chi connectivity index (χ1v) is 6.03. The van der Waals surface area contributed by atoms with Gasteiger partial charge in [0.15, 0.2) is 5.88 Å². The lowest BCUT2D eigenvalue weighted by Gasteiger charge is -2.24. The fourth-order valence-electron chi connectivity index (χ4n) is 1.66. The van der Waals surface area contributed by atoms with E-state index >= 15 is 0 Å². The molecule has 0 spiro atoms. The Morgan fingerprint density at radius 3 is 2.35 bits per heavy atom. The molecule has 94 valence electrons. The summed E-state index contributed by atoms with van der Waals surface area (Å²) in [6.07, 6.45) is 0. The van der Waals surface area contributed by atoms with Crippen molar-refractivity contribution in [3.05, 3.63) is 42.3 Å². The number of anilines is 1. The van der Waals surface area contributed by atoms with E-state index in [4.69, 9.17) is 4.74 Å². The zero-order valence-electron chi connectivity index (χ0n) is 11.5. The molecule has 0 fully saturated rings. The van der Waals surface area contributed by atoms with E-state index in [0.717, 1.165) is 5.69 Å². The number of hydrogen-bond acceptors (Lipinski definition) is 2. The highest BCUT2D eigenvalue weighted by Gasteiger charge is 2.13. The Hall–Kier alpha value is -1.44. The van der Waals surface area contributed by atoms with Crippen LogP contribution in [-0.4, -0.2) is 5.60 Å². The van der Waals surface area contributed by atoms with Crippen LogP contribution in [-0.2, 0) is 4.74 Å². The van der Waals surface area contributed by atoms with Crippen LogP contribution in [0.2, 0.25) is 0 Å². The molecular formula is C15H23NO. The highest BCUT2D eigenvalue weighted by molar-refractivity contribution is 5.55. The van der Waals surface area contributed by atoms with E-state index in [1.54, 1.807) is 0 Å². The third kappa shape index (κ3) is 4.51. The lowest BCUT2D eigenvalue weighted by Crippen LogP contribution is -2.21. The third-order valence-corrected chi connectivity index (χ3v) is 2.29. The Morgan fingerprint density at radius 1 is 1.24 bits per heavy atom. The average molecular weight is 233 g/mol. The topological polar surface area (TPSA) is 21.3 Å². The molecule has 2 heteroatoms. The van der Waals surface area contributed by atoms with Crippen molar-refractivity contribution >= 4 is 5.69 Å². The fraction of sp³-hybridized carbons (Fsp3) is 0.467. The standard InChI is InChI=1S/C15H23NO/c1-11(2)13-9-7-8-10-14(13)16-12(3)17-15(4,5)6/h7-11,16H,3H2,1-2,4-6H3. The summed E-state index contributed by atoms with van der Waals surface area (Å²) < 4.78 is 5.67. The van der Waals surface area contributed by atoms with Crippen LogP contribution in [0.3, 0.4) is 0 Å². The van der Waals surface area contributed by atoms with Gasteiger partial charge in [0.2, 0.25) is 0 Å². The van der Waals surface area contributed by atoms with E-state index in [0.29, 0.717) is 11.8 Å². The van der Waals surface area contributed by atoms with Crippen molar-refractivity contribution in [1.82, 2.24) is 0 Å².